The fourth-order valence-corrected chi connectivity index (χ4v) is 1.36. The first-order valence-corrected chi connectivity index (χ1v) is 4.74. The number of nitro groups is 1. The molecule has 0 spiro atoms. The Morgan fingerprint density at radius 3 is 2.76 bits per heavy atom. The molecule has 1 rings (SSSR count). The summed E-state index contributed by atoms with van der Waals surface area (Å²) in [5.41, 5.74) is 5.44. The molecule has 0 aliphatic heterocycles. The van der Waals surface area contributed by atoms with Crippen LogP contribution in [0.25, 0.3) is 0 Å². The maximum absolute atomic E-state index is 11.2. The molecule has 0 amide bonds. The van der Waals surface area contributed by atoms with Crippen LogP contribution in [-0.2, 0) is 4.74 Å². The van der Waals surface area contributed by atoms with Crippen molar-refractivity contribution in [3.63, 3.8) is 0 Å². The second-order valence-electron chi connectivity index (χ2n) is 3.31. The Hall–Kier alpha value is -1.99. The quantitative estimate of drug-likeness (QED) is 0.446. The van der Waals surface area contributed by atoms with Gasteiger partial charge >= 0.3 is 5.97 Å². The topological polar surface area (TPSA) is 116 Å². The minimum Gasteiger partial charge on any atom is -0.465 e. The molecule has 0 bridgehead atoms. The van der Waals surface area contributed by atoms with Crippen molar-refractivity contribution in [2.75, 3.05) is 13.7 Å². The molecule has 0 aromatic heterocycles. The molecule has 0 heterocycles. The number of carbonyl (C=O) groups excluding carboxylic acids is 1. The van der Waals surface area contributed by atoms with Gasteiger partial charge in [0.05, 0.1) is 30.2 Å². The number of aliphatic hydroxyl groups excluding tert-OH is 1. The Balaban J connectivity index is 3.26. The van der Waals surface area contributed by atoms with Crippen LogP contribution in [-0.4, -0.2) is 29.7 Å². The van der Waals surface area contributed by atoms with Crippen LogP contribution >= 0.6 is 0 Å². The number of carbonyl (C=O) groups is 1. The maximum atomic E-state index is 11.2. The number of rotatable bonds is 4. The highest BCUT2D eigenvalue weighted by Crippen LogP contribution is 2.25. The molecular formula is C10H12N2O5. The van der Waals surface area contributed by atoms with E-state index in [-0.39, 0.29) is 16.8 Å². The molecule has 0 saturated heterocycles. The SMILES string of the molecule is COC(=O)c1ccc([C@@H](N)CO)c([N+](=O)[O-])c1. The molecule has 1 aromatic carbocycles. The molecule has 3 N–H and O–H groups in total. The van der Waals surface area contributed by atoms with Crippen LogP contribution in [0, 0.1) is 10.1 Å². The van der Waals surface area contributed by atoms with Crippen LogP contribution in [0.2, 0.25) is 0 Å². The number of nitro benzene ring substituents is 1. The van der Waals surface area contributed by atoms with E-state index in [4.69, 9.17) is 10.8 Å². The number of hydrogen-bond acceptors (Lipinski definition) is 6. The second kappa shape index (κ2) is 5.37. The predicted octanol–water partition coefficient (Wildman–Crippen LogP) is 0.374. The highest BCUT2D eigenvalue weighted by molar-refractivity contribution is 5.90. The summed E-state index contributed by atoms with van der Waals surface area (Å²) >= 11 is 0. The average molecular weight is 240 g/mol. The summed E-state index contributed by atoms with van der Waals surface area (Å²) in [6, 6.07) is 2.92. The molecule has 0 radical (unpaired) electrons. The molecular weight excluding hydrogens is 228 g/mol. The fourth-order valence-electron chi connectivity index (χ4n) is 1.36. The van der Waals surface area contributed by atoms with Crippen molar-refractivity contribution in [2.45, 2.75) is 6.04 Å². The predicted molar refractivity (Wildman–Crippen MR) is 58.5 cm³/mol. The largest absolute Gasteiger partial charge is 0.465 e. The first-order chi connectivity index (χ1) is 8.01. The van der Waals surface area contributed by atoms with E-state index < -0.39 is 23.5 Å². The molecule has 17 heavy (non-hydrogen) atoms. The summed E-state index contributed by atoms with van der Waals surface area (Å²) in [6.45, 7) is -0.418. The van der Waals surface area contributed by atoms with Gasteiger partial charge in [-0.05, 0) is 12.1 Å². The number of benzene rings is 1. The Morgan fingerprint density at radius 2 is 2.29 bits per heavy atom. The molecule has 7 heteroatoms. The zero-order valence-electron chi connectivity index (χ0n) is 9.12. The van der Waals surface area contributed by atoms with E-state index >= 15 is 0 Å². The maximum Gasteiger partial charge on any atom is 0.338 e. The third-order valence-corrected chi connectivity index (χ3v) is 2.24. The standard InChI is InChI=1S/C10H12N2O5/c1-17-10(14)6-2-3-7(8(11)5-13)9(4-6)12(15)16/h2-4,8,13H,5,11H2,1H3/t8-/m0/s1. The molecule has 1 atom stereocenters. The first-order valence-electron chi connectivity index (χ1n) is 4.74. The second-order valence-corrected chi connectivity index (χ2v) is 3.31. The molecule has 7 nitrogen and oxygen atoms in total. The van der Waals surface area contributed by atoms with Crippen LogP contribution in [0.4, 0.5) is 5.69 Å². The van der Waals surface area contributed by atoms with Gasteiger partial charge in [0, 0.05) is 11.6 Å². The van der Waals surface area contributed by atoms with Crippen LogP contribution in [0.5, 0.6) is 0 Å². The van der Waals surface area contributed by atoms with Crippen molar-refractivity contribution in [1.29, 1.82) is 0 Å². The summed E-state index contributed by atoms with van der Waals surface area (Å²) in [5.74, 6) is -0.669. The zero-order valence-corrected chi connectivity index (χ0v) is 9.12. The lowest BCUT2D eigenvalue weighted by Gasteiger charge is -2.09. The van der Waals surface area contributed by atoms with Gasteiger partial charge in [0.2, 0.25) is 0 Å². The number of nitrogens with zero attached hydrogens (tertiary/aromatic N) is 1. The number of methoxy groups -OCH3 is 1. The molecule has 0 aliphatic carbocycles. The molecule has 92 valence electrons. The Bertz CT molecular complexity index is 446. The van der Waals surface area contributed by atoms with Gasteiger partial charge in [0.15, 0.2) is 0 Å². The monoisotopic (exact) mass is 240 g/mol. The van der Waals surface area contributed by atoms with Crippen LogP contribution in [0.1, 0.15) is 22.0 Å². The smallest absolute Gasteiger partial charge is 0.338 e. The van der Waals surface area contributed by atoms with E-state index in [1.54, 1.807) is 0 Å². The van der Waals surface area contributed by atoms with E-state index in [0.717, 1.165) is 6.07 Å². The Morgan fingerprint density at radius 1 is 1.65 bits per heavy atom. The average Bonchev–Trinajstić information content (AvgIpc) is 2.35. The van der Waals surface area contributed by atoms with Gasteiger partial charge in [-0.15, -0.1) is 0 Å². The molecule has 0 saturated carbocycles. The summed E-state index contributed by atoms with van der Waals surface area (Å²) in [4.78, 5) is 21.4. The van der Waals surface area contributed by atoms with Gasteiger partial charge in [-0.1, -0.05) is 0 Å². The highest BCUT2D eigenvalue weighted by Gasteiger charge is 2.21. The summed E-state index contributed by atoms with van der Waals surface area (Å²) < 4.78 is 4.46. The van der Waals surface area contributed by atoms with Gasteiger partial charge < -0.3 is 15.6 Å². The number of esters is 1. The van der Waals surface area contributed by atoms with Crippen molar-refractivity contribution in [3.8, 4) is 0 Å². The van der Waals surface area contributed by atoms with Crippen molar-refractivity contribution in [1.82, 2.24) is 0 Å². The fraction of sp³-hybridized carbons (Fsp3) is 0.300. The van der Waals surface area contributed by atoms with E-state index in [1.807, 2.05) is 0 Å². The number of nitrogens with two attached hydrogens (primary N) is 1. The van der Waals surface area contributed by atoms with Gasteiger partial charge in [0.1, 0.15) is 0 Å². The number of aliphatic hydroxyl groups is 1. The van der Waals surface area contributed by atoms with Crippen molar-refractivity contribution >= 4 is 11.7 Å². The zero-order chi connectivity index (χ0) is 13.0. The molecule has 0 aliphatic rings. The molecule has 1 aromatic rings. The molecule has 0 fully saturated rings. The van der Waals surface area contributed by atoms with Crippen LogP contribution < -0.4 is 5.73 Å². The number of hydrogen-bond donors (Lipinski definition) is 2. The Kier molecular flexibility index (Phi) is 4.13. The normalized spacial score (nSPS) is 11.9. The summed E-state index contributed by atoms with van der Waals surface area (Å²) in [6.07, 6.45) is 0. The van der Waals surface area contributed by atoms with E-state index in [1.165, 1.54) is 19.2 Å². The Labute approximate surface area is 97.0 Å². The van der Waals surface area contributed by atoms with Crippen molar-refractivity contribution in [3.05, 3.63) is 39.4 Å². The van der Waals surface area contributed by atoms with Gasteiger partial charge in [0.25, 0.3) is 5.69 Å². The summed E-state index contributed by atoms with van der Waals surface area (Å²) in [7, 11) is 1.18. The van der Waals surface area contributed by atoms with Crippen molar-refractivity contribution in [2.24, 2.45) is 5.73 Å². The number of ether oxygens (including phenoxy) is 1. The third kappa shape index (κ3) is 2.77. The first kappa shape index (κ1) is 13.1. The third-order valence-electron chi connectivity index (χ3n) is 2.24. The van der Waals surface area contributed by atoms with Gasteiger partial charge in [-0.2, -0.15) is 0 Å². The highest BCUT2D eigenvalue weighted by atomic mass is 16.6. The van der Waals surface area contributed by atoms with E-state index in [2.05, 4.69) is 4.74 Å². The molecule has 0 unspecified atom stereocenters. The van der Waals surface area contributed by atoms with Gasteiger partial charge in [-0.25, -0.2) is 4.79 Å². The summed E-state index contributed by atoms with van der Waals surface area (Å²) in [5, 5.41) is 19.7. The lowest BCUT2D eigenvalue weighted by molar-refractivity contribution is -0.385. The lowest BCUT2D eigenvalue weighted by atomic mass is 10.0. The van der Waals surface area contributed by atoms with Crippen LogP contribution in [0.15, 0.2) is 18.2 Å². The van der Waals surface area contributed by atoms with E-state index in [9.17, 15) is 14.9 Å². The minimum absolute atomic E-state index is 0.0630. The van der Waals surface area contributed by atoms with Crippen LogP contribution in [0.3, 0.4) is 0 Å². The lowest BCUT2D eigenvalue weighted by Crippen LogP contribution is -2.16. The van der Waals surface area contributed by atoms with Gasteiger partial charge in [-0.3, -0.25) is 10.1 Å². The van der Waals surface area contributed by atoms with E-state index in [0.29, 0.717) is 0 Å². The van der Waals surface area contributed by atoms with Crippen molar-refractivity contribution < 1.29 is 19.6 Å². The minimum atomic E-state index is -0.859.